The molecule has 0 saturated carbocycles. The Kier molecular flexibility index (Phi) is 45.0. The highest BCUT2D eigenvalue weighted by Gasteiger charge is 2.44. The first-order valence-electron chi connectivity index (χ1n) is 28.6. The molecule has 0 radical (unpaired) electrons. The summed E-state index contributed by atoms with van der Waals surface area (Å²) in [5.41, 5.74) is 0. The largest absolute Gasteiger partial charge is 0.394 e. The summed E-state index contributed by atoms with van der Waals surface area (Å²) < 4.78 is 11.1. The number of unbranched alkanes of at least 4 members (excludes halogenated alkanes) is 37. The number of carbonyl (C=O) groups is 1. The lowest BCUT2D eigenvalue weighted by Crippen LogP contribution is -2.60. The molecular formula is C57H109NO8. The second-order valence-electron chi connectivity index (χ2n) is 20.1. The Hall–Kier alpha value is -1.33. The summed E-state index contributed by atoms with van der Waals surface area (Å²) in [4.78, 5) is 12.8. The fourth-order valence-electron chi connectivity index (χ4n) is 9.20. The van der Waals surface area contributed by atoms with Gasteiger partial charge in [-0.2, -0.15) is 0 Å². The number of aliphatic hydroxyl groups excluding tert-OH is 5. The third-order valence-electron chi connectivity index (χ3n) is 13.8. The number of ether oxygens (including phenoxy) is 2. The molecule has 390 valence electrons. The molecule has 9 nitrogen and oxygen atoms in total. The van der Waals surface area contributed by atoms with Crippen molar-refractivity contribution in [2.24, 2.45) is 0 Å². The van der Waals surface area contributed by atoms with Crippen LogP contribution in [0.5, 0.6) is 0 Å². The number of aliphatic hydroxyl groups is 5. The first kappa shape index (κ1) is 62.7. The van der Waals surface area contributed by atoms with Crippen LogP contribution in [0.3, 0.4) is 0 Å². The van der Waals surface area contributed by atoms with Crippen molar-refractivity contribution in [3.8, 4) is 0 Å². The van der Waals surface area contributed by atoms with E-state index in [-0.39, 0.29) is 12.5 Å². The van der Waals surface area contributed by atoms with E-state index in [0.29, 0.717) is 6.42 Å². The van der Waals surface area contributed by atoms with Crippen LogP contribution < -0.4 is 5.32 Å². The van der Waals surface area contributed by atoms with Crippen molar-refractivity contribution in [2.45, 2.75) is 320 Å². The van der Waals surface area contributed by atoms with E-state index in [0.717, 1.165) is 38.5 Å². The Labute approximate surface area is 407 Å². The standard InChI is InChI=1S/C57H109NO8/c1-3-5-7-9-10-11-12-13-14-15-16-17-18-19-20-21-22-23-24-25-26-27-28-29-30-31-32-33-34-35-36-37-38-39-40-41-42-43-45-47-53(61)58-50(51(60)46-44-8-6-4-2)49-65-57-56(64)55(63)54(62)52(48-59)66-57/h15-16,44,46,50-52,54-57,59-60,62-64H,3-14,17-43,45,47-49H2,1-2H3,(H,58,61)/b16-15-,46-44+. The molecule has 7 unspecified atom stereocenters. The lowest BCUT2D eigenvalue weighted by atomic mass is 9.99. The molecule has 0 aromatic carbocycles. The van der Waals surface area contributed by atoms with Crippen molar-refractivity contribution in [1.29, 1.82) is 0 Å². The van der Waals surface area contributed by atoms with E-state index in [2.05, 4.69) is 31.3 Å². The van der Waals surface area contributed by atoms with Crippen LogP contribution in [-0.4, -0.2) is 87.5 Å². The van der Waals surface area contributed by atoms with Crippen LogP contribution in [0.2, 0.25) is 0 Å². The minimum Gasteiger partial charge on any atom is -0.394 e. The van der Waals surface area contributed by atoms with Crippen LogP contribution in [0.4, 0.5) is 0 Å². The molecule has 1 aliphatic heterocycles. The zero-order valence-electron chi connectivity index (χ0n) is 43.2. The fraction of sp³-hybridized carbons (Fsp3) is 0.912. The van der Waals surface area contributed by atoms with Gasteiger partial charge in [-0.15, -0.1) is 0 Å². The Bertz CT molecular complexity index is 1090. The van der Waals surface area contributed by atoms with E-state index in [9.17, 15) is 30.3 Å². The summed E-state index contributed by atoms with van der Waals surface area (Å²) in [6.07, 6.45) is 53.7. The molecule has 66 heavy (non-hydrogen) atoms. The van der Waals surface area contributed by atoms with Gasteiger partial charge >= 0.3 is 0 Å². The second kappa shape index (κ2) is 47.4. The van der Waals surface area contributed by atoms with E-state index in [4.69, 9.17) is 9.47 Å². The lowest BCUT2D eigenvalue weighted by Gasteiger charge is -2.40. The third-order valence-corrected chi connectivity index (χ3v) is 13.8. The van der Waals surface area contributed by atoms with Gasteiger partial charge in [-0.3, -0.25) is 4.79 Å². The van der Waals surface area contributed by atoms with Crippen LogP contribution in [0.25, 0.3) is 0 Å². The predicted octanol–water partition coefficient (Wildman–Crippen LogP) is 13.8. The Morgan fingerprint density at radius 2 is 0.864 bits per heavy atom. The number of hydrogen-bond donors (Lipinski definition) is 6. The molecule has 1 heterocycles. The van der Waals surface area contributed by atoms with Gasteiger partial charge in [-0.1, -0.05) is 256 Å². The van der Waals surface area contributed by atoms with Crippen LogP contribution >= 0.6 is 0 Å². The first-order chi connectivity index (χ1) is 32.3. The molecule has 0 aromatic rings. The maximum Gasteiger partial charge on any atom is 0.220 e. The number of rotatable bonds is 49. The van der Waals surface area contributed by atoms with Crippen molar-refractivity contribution >= 4 is 5.91 Å². The predicted molar refractivity (Wildman–Crippen MR) is 277 cm³/mol. The average Bonchev–Trinajstić information content (AvgIpc) is 3.32. The van der Waals surface area contributed by atoms with E-state index in [1.54, 1.807) is 6.08 Å². The zero-order valence-corrected chi connectivity index (χ0v) is 43.2. The van der Waals surface area contributed by atoms with Gasteiger partial charge in [0.25, 0.3) is 0 Å². The summed E-state index contributed by atoms with van der Waals surface area (Å²) >= 11 is 0. The van der Waals surface area contributed by atoms with Crippen molar-refractivity contribution in [2.75, 3.05) is 13.2 Å². The first-order valence-corrected chi connectivity index (χ1v) is 28.6. The molecule has 6 N–H and O–H groups in total. The maximum atomic E-state index is 12.8. The summed E-state index contributed by atoms with van der Waals surface area (Å²) in [6, 6.07) is -0.797. The second-order valence-corrected chi connectivity index (χ2v) is 20.1. The molecule has 1 saturated heterocycles. The van der Waals surface area contributed by atoms with Crippen LogP contribution in [-0.2, 0) is 14.3 Å². The SMILES string of the molecule is CCCC/C=C/C(O)C(COC1OC(CO)C(O)C(O)C1O)NC(=O)CCCCCCCCCCCCCCCCCCCCCCCCCCCCC/C=C\CCCCCCCCCC. The van der Waals surface area contributed by atoms with Gasteiger partial charge in [0.1, 0.15) is 24.4 Å². The monoisotopic (exact) mass is 936 g/mol. The van der Waals surface area contributed by atoms with Gasteiger partial charge in [0, 0.05) is 6.42 Å². The number of nitrogens with one attached hydrogen (secondary N) is 1. The molecule has 1 amide bonds. The minimum atomic E-state index is -1.56. The van der Waals surface area contributed by atoms with Crippen molar-refractivity contribution in [3.63, 3.8) is 0 Å². The average molecular weight is 936 g/mol. The maximum absolute atomic E-state index is 12.8. The quantitative estimate of drug-likeness (QED) is 0.0261. The number of amides is 1. The minimum absolute atomic E-state index is 0.182. The highest BCUT2D eigenvalue weighted by molar-refractivity contribution is 5.76. The highest BCUT2D eigenvalue weighted by Crippen LogP contribution is 2.23. The van der Waals surface area contributed by atoms with Gasteiger partial charge in [-0.05, 0) is 38.5 Å². The molecular weight excluding hydrogens is 827 g/mol. The van der Waals surface area contributed by atoms with Crippen molar-refractivity contribution in [3.05, 3.63) is 24.3 Å². The number of carbonyl (C=O) groups excluding carboxylic acids is 1. The zero-order chi connectivity index (χ0) is 48.0. The molecule has 0 bridgehead atoms. The van der Waals surface area contributed by atoms with Gasteiger partial charge in [0.15, 0.2) is 6.29 Å². The molecule has 7 atom stereocenters. The molecule has 0 aliphatic carbocycles. The van der Waals surface area contributed by atoms with Gasteiger partial charge in [-0.25, -0.2) is 0 Å². The lowest BCUT2D eigenvalue weighted by molar-refractivity contribution is -0.302. The highest BCUT2D eigenvalue weighted by atomic mass is 16.7. The van der Waals surface area contributed by atoms with E-state index in [1.165, 1.54) is 218 Å². The van der Waals surface area contributed by atoms with Gasteiger partial charge in [0.2, 0.25) is 5.91 Å². The Balaban J connectivity index is 1.89. The number of allylic oxidation sites excluding steroid dienone is 3. The third kappa shape index (κ3) is 36.6. The number of hydrogen-bond acceptors (Lipinski definition) is 8. The molecule has 1 rings (SSSR count). The summed E-state index contributed by atoms with van der Waals surface area (Å²) in [5.74, 6) is -0.182. The normalized spacial score (nSPS) is 19.9. The molecule has 0 spiro atoms. The Morgan fingerprint density at radius 3 is 1.26 bits per heavy atom. The molecule has 1 fully saturated rings. The smallest absolute Gasteiger partial charge is 0.220 e. The van der Waals surface area contributed by atoms with E-state index >= 15 is 0 Å². The summed E-state index contributed by atoms with van der Waals surface area (Å²) in [7, 11) is 0. The van der Waals surface area contributed by atoms with Crippen molar-refractivity contribution < 1.29 is 39.8 Å². The van der Waals surface area contributed by atoms with Gasteiger partial charge in [0.05, 0.1) is 25.4 Å². The molecule has 9 heteroatoms. The fourth-order valence-corrected chi connectivity index (χ4v) is 9.20. The van der Waals surface area contributed by atoms with Crippen molar-refractivity contribution in [1.82, 2.24) is 5.32 Å². The van der Waals surface area contributed by atoms with E-state index < -0.39 is 49.5 Å². The Morgan fingerprint density at radius 1 is 0.500 bits per heavy atom. The molecule has 0 aromatic heterocycles. The van der Waals surface area contributed by atoms with Crippen LogP contribution in [0.1, 0.15) is 277 Å². The van der Waals surface area contributed by atoms with E-state index in [1.807, 2.05) is 6.08 Å². The van der Waals surface area contributed by atoms with Crippen LogP contribution in [0.15, 0.2) is 24.3 Å². The summed E-state index contributed by atoms with van der Waals surface area (Å²) in [5, 5.41) is 53.7. The summed E-state index contributed by atoms with van der Waals surface area (Å²) in [6.45, 7) is 3.63. The molecule has 1 aliphatic rings. The van der Waals surface area contributed by atoms with Crippen LogP contribution in [0, 0.1) is 0 Å². The van der Waals surface area contributed by atoms with Gasteiger partial charge < -0.3 is 40.3 Å². The topological polar surface area (TPSA) is 149 Å².